The minimum Gasteiger partial charge on any atom is -0.489 e. The van der Waals surface area contributed by atoms with Crippen LogP contribution in [0.5, 0.6) is 5.75 Å². The summed E-state index contributed by atoms with van der Waals surface area (Å²) >= 11 is 0. The van der Waals surface area contributed by atoms with Gasteiger partial charge in [0.2, 0.25) is 0 Å². The van der Waals surface area contributed by atoms with E-state index in [2.05, 4.69) is 58.2 Å². The van der Waals surface area contributed by atoms with Gasteiger partial charge in [0.25, 0.3) is 0 Å². The van der Waals surface area contributed by atoms with Crippen LogP contribution in [-0.2, 0) is 16.0 Å². The Morgan fingerprint density at radius 1 is 1.08 bits per heavy atom. The predicted octanol–water partition coefficient (Wildman–Crippen LogP) is 3.68. The third-order valence-corrected chi connectivity index (χ3v) is 4.79. The molecule has 1 unspecified atom stereocenters. The minimum atomic E-state index is -0.132. The lowest BCUT2D eigenvalue weighted by atomic mass is 10.1. The van der Waals surface area contributed by atoms with Gasteiger partial charge in [0.15, 0.2) is 0 Å². The molecule has 4 nitrogen and oxygen atoms in total. The van der Waals surface area contributed by atoms with Crippen molar-refractivity contribution < 1.29 is 14.3 Å². The van der Waals surface area contributed by atoms with Crippen molar-refractivity contribution >= 4 is 5.97 Å². The van der Waals surface area contributed by atoms with E-state index in [1.807, 2.05) is 6.07 Å². The normalized spacial score (nSPS) is 17.2. The monoisotopic (exact) mass is 353 g/mol. The first kappa shape index (κ1) is 18.5. The predicted molar refractivity (Wildman–Crippen MR) is 102 cm³/mol. The summed E-state index contributed by atoms with van der Waals surface area (Å²) in [6.45, 7) is 2.87. The van der Waals surface area contributed by atoms with Crippen LogP contribution in [0.2, 0.25) is 0 Å². The van der Waals surface area contributed by atoms with Crippen LogP contribution in [0.4, 0.5) is 0 Å². The van der Waals surface area contributed by atoms with Crippen molar-refractivity contribution in [2.24, 2.45) is 0 Å². The van der Waals surface area contributed by atoms with E-state index in [0.717, 1.165) is 44.6 Å². The van der Waals surface area contributed by atoms with E-state index in [1.54, 1.807) is 0 Å². The summed E-state index contributed by atoms with van der Waals surface area (Å²) in [6, 6.07) is 18.9. The van der Waals surface area contributed by atoms with Gasteiger partial charge in [-0.1, -0.05) is 42.5 Å². The number of likely N-dealkylation sites (tertiary alicyclic amines) is 1. The number of carbonyl (C=O) groups is 1. The topological polar surface area (TPSA) is 38.8 Å². The van der Waals surface area contributed by atoms with Crippen LogP contribution in [0, 0.1) is 0 Å². The lowest BCUT2D eigenvalue weighted by molar-refractivity contribution is -0.140. The molecule has 0 N–H and O–H groups in total. The van der Waals surface area contributed by atoms with Gasteiger partial charge in [-0.25, -0.2) is 0 Å². The largest absolute Gasteiger partial charge is 0.489 e. The van der Waals surface area contributed by atoms with Crippen LogP contribution < -0.4 is 4.74 Å². The van der Waals surface area contributed by atoms with Gasteiger partial charge in [0.05, 0.1) is 7.11 Å². The van der Waals surface area contributed by atoms with Crippen molar-refractivity contribution in [2.45, 2.75) is 31.8 Å². The zero-order valence-corrected chi connectivity index (χ0v) is 15.4. The number of hydrogen-bond acceptors (Lipinski definition) is 4. The Bertz CT molecular complexity index is 684. The summed E-state index contributed by atoms with van der Waals surface area (Å²) in [6.07, 6.45) is 3.53. The number of methoxy groups -OCH3 is 1. The third kappa shape index (κ3) is 5.60. The van der Waals surface area contributed by atoms with Gasteiger partial charge in [-0.15, -0.1) is 0 Å². The Labute approximate surface area is 155 Å². The summed E-state index contributed by atoms with van der Waals surface area (Å²) < 4.78 is 10.8. The molecule has 0 aromatic heterocycles. The van der Waals surface area contributed by atoms with E-state index in [0.29, 0.717) is 6.42 Å². The number of benzene rings is 2. The Balaban J connectivity index is 1.42. The molecule has 4 heteroatoms. The number of hydrogen-bond donors (Lipinski definition) is 0. The van der Waals surface area contributed by atoms with E-state index in [4.69, 9.17) is 4.74 Å². The highest BCUT2D eigenvalue weighted by Gasteiger charge is 2.23. The molecule has 2 aromatic rings. The Kier molecular flexibility index (Phi) is 6.67. The highest BCUT2D eigenvalue weighted by molar-refractivity contribution is 5.69. The molecule has 1 aliphatic rings. The Morgan fingerprint density at radius 3 is 2.54 bits per heavy atom. The van der Waals surface area contributed by atoms with E-state index < -0.39 is 0 Å². The molecule has 1 heterocycles. The molecule has 0 spiro atoms. The van der Waals surface area contributed by atoms with Gasteiger partial charge in [-0.3, -0.25) is 9.69 Å². The van der Waals surface area contributed by atoms with Gasteiger partial charge >= 0.3 is 5.97 Å². The second-order valence-corrected chi connectivity index (χ2v) is 6.82. The molecule has 138 valence electrons. The maximum absolute atomic E-state index is 11.2. The molecule has 26 heavy (non-hydrogen) atoms. The molecule has 2 aromatic carbocycles. The zero-order chi connectivity index (χ0) is 18.2. The molecular formula is C22H27NO3. The van der Waals surface area contributed by atoms with Crippen LogP contribution in [0.1, 0.15) is 30.4 Å². The first-order chi connectivity index (χ1) is 12.7. The fourth-order valence-corrected chi connectivity index (χ4v) is 3.36. The SMILES string of the molecule is COC(=O)CCCN1CCC(Oc2ccc(Cc3ccccc3)cc2)C1. The summed E-state index contributed by atoms with van der Waals surface area (Å²) in [4.78, 5) is 13.5. The van der Waals surface area contributed by atoms with Crippen LogP contribution >= 0.6 is 0 Å². The third-order valence-electron chi connectivity index (χ3n) is 4.79. The lowest BCUT2D eigenvalue weighted by Gasteiger charge is -2.17. The first-order valence-corrected chi connectivity index (χ1v) is 9.31. The maximum atomic E-state index is 11.2. The molecule has 0 radical (unpaired) electrons. The number of nitrogens with zero attached hydrogens (tertiary/aromatic N) is 1. The first-order valence-electron chi connectivity index (χ1n) is 9.31. The Hall–Kier alpha value is -2.33. The number of ether oxygens (including phenoxy) is 2. The fraction of sp³-hybridized carbons (Fsp3) is 0.409. The maximum Gasteiger partial charge on any atom is 0.305 e. The molecule has 1 saturated heterocycles. The van der Waals surface area contributed by atoms with Gasteiger partial charge in [-0.05, 0) is 49.1 Å². The van der Waals surface area contributed by atoms with Crippen LogP contribution in [-0.4, -0.2) is 43.7 Å². The van der Waals surface area contributed by atoms with Gasteiger partial charge in [-0.2, -0.15) is 0 Å². The van der Waals surface area contributed by atoms with Crippen molar-refractivity contribution in [3.05, 3.63) is 65.7 Å². The summed E-state index contributed by atoms with van der Waals surface area (Å²) in [7, 11) is 1.44. The van der Waals surface area contributed by atoms with Gasteiger partial charge in [0, 0.05) is 19.5 Å². The average molecular weight is 353 g/mol. The fourth-order valence-electron chi connectivity index (χ4n) is 3.36. The molecule has 0 aliphatic carbocycles. The van der Waals surface area contributed by atoms with Crippen LogP contribution in [0.3, 0.4) is 0 Å². The molecule has 0 bridgehead atoms. The quantitative estimate of drug-likeness (QED) is 0.679. The van der Waals surface area contributed by atoms with E-state index in [9.17, 15) is 4.79 Å². The van der Waals surface area contributed by atoms with Crippen molar-refractivity contribution in [1.82, 2.24) is 4.90 Å². The molecule has 1 atom stereocenters. The average Bonchev–Trinajstić information content (AvgIpc) is 3.11. The van der Waals surface area contributed by atoms with Crippen molar-refractivity contribution in [3.63, 3.8) is 0 Å². The van der Waals surface area contributed by atoms with E-state index in [-0.39, 0.29) is 12.1 Å². The smallest absolute Gasteiger partial charge is 0.305 e. The number of carbonyl (C=O) groups excluding carboxylic acids is 1. The molecule has 0 saturated carbocycles. The zero-order valence-electron chi connectivity index (χ0n) is 15.4. The Morgan fingerprint density at radius 2 is 1.81 bits per heavy atom. The van der Waals surface area contributed by atoms with Crippen molar-refractivity contribution in [3.8, 4) is 5.75 Å². The highest BCUT2D eigenvalue weighted by Crippen LogP contribution is 2.20. The number of esters is 1. The second kappa shape index (κ2) is 9.39. The number of rotatable bonds is 8. The summed E-state index contributed by atoms with van der Waals surface area (Å²) in [5.41, 5.74) is 2.61. The lowest BCUT2D eigenvalue weighted by Crippen LogP contribution is -2.26. The van der Waals surface area contributed by atoms with Gasteiger partial charge in [0.1, 0.15) is 11.9 Å². The van der Waals surface area contributed by atoms with Gasteiger partial charge < -0.3 is 9.47 Å². The summed E-state index contributed by atoms with van der Waals surface area (Å²) in [5, 5.41) is 0. The molecule has 1 fully saturated rings. The van der Waals surface area contributed by atoms with E-state index >= 15 is 0 Å². The van der Waals surface area contributed by atoms with Crippen molar-refractivity contribution in [1.29, 1.82) is 0 Å². The minimum absolute atomic E-state index is 0.132. The van der Waals surface area contributed by atoms with E-state index in [1.165, 1.54) is 18.2 Å². The molecule has 3 rings (SSSR count). The molecule has 0 amide bonds. The second-order valence-electron chi connectivity index (χ2n) is 6.82. The molecule has 1 aliphatic heterocycles. The highest BCUT2D eigenvalue weighted by atomic mass is 16.5. The standard InChI is InChI=1S/C22H27NO3/c1-25-22(24)8-5-14-23-15-13-21(17-23)26-20-11-9-19(10-12-20)16-18-6-3-2-4-7-18/h2-4,6-7,9-12,21H,5,8,13-17H2,1H3. The van der Waals surface area contributed by atoms with Crippen LogP contribution in [0.15, 0.2) is 54.6 Å². The van der Waals surface area contributed by atoms with Crippen LogP contribution in [0.25, 0.3) is 0 Å². The summed E-state index contributed by atoms with van der Waals surface area (Å²) in [5.74, 6) is 0.802. The van der Waals surface area contributed by atoms with Crippen molar-refractivity contribution in [2.75, 3.05) is 26.7 Å². The molecular weight excluding hydrogens is 326 g/mol.